The number of ether oxygens (including phenoxy) is 1. The van der Waals surface area contributed by atoms with Gasteiger partial charge in [0, 0.05) is 0 Å². The maximum Gasteiger partial charge on any atom is 0.335 e. The second-order valence-electron chi connectivity index (χ2n) is 3.79. The van der Waals surface area contributed by atoms with E-state index >= 15 is 0 Å². The Balaban J connectivity index is 2.69. The van der Waals surface area contributed by atoms with Crippen LogP contribution in [-0.4, -0.2) is 23.7 Å². The smallest absolute Gasteiger partial charge is 0.335 e. The van der Waals surface area contributed by atoms with Gasteiger partial charge in [0.15, 0.2) is 0 Å². The Morgan fingerprint density at radius 2 is 2.11 bits per heavy atom. The average Bonchev–Trinajstić information content (AvgIpc) is 2.29. The van der Waals surface area contributed by atoms with E-state index in [0.717, 1.165) is 5.56 Å². The molecule has 0 atom stereocenters. The number of benzene rings is 1. The predicted octanol–water partition coefficient (Wildman–Crippen LogP) is 2.66. The number of rotatable bonds is 5. The molecule has 0 unspecified atom stereocenters. The van der Waals surface area contributed by atoms with Gasteiger partial charge in [-0.15, -0.1) is 0 Å². The van der Waals surface area contributed by atoms with Crippen LogP contribution in [0.25, 0.3) is 6.08 Å². The Bertz CT molecular complexity index is 475. The van der Waals surface area contributed by atoms with Gasteiger partial charge in [0.2, 0.25) is 0 Å². The van der Waals surface area contributed by atoms with Gasteiger partial charge in [-0.1, -0.05) is 24.3 Å². The second-order valence-corrected chi connectivity index (χ2v) is 3.79. The average molecular weight is 248 g/mol. The van der Waals surface area contributed by atoms with E-state index in [1.54, 1.807) is 44.2 Å². The van der Waals surface area contributed by atoms with E-state index in [9.17, 15) is 9.59 Å². The minimum absolute atomic E-state index is 0.216. The molecule has 0 amide bonds. The quantitative estimate of drug-likeness (QED) is 0.814. The molecular weight excluding hydrogens is 232 g/mol. The van der Waals surface area contributed by atoms with Gasteiger partial charge in [-0.3, -0.25) is 4.79 Å². The summed E-state index contributed by atoms with van der Waals surface area (Å²) in [6.45, 7) is 3.88. The summed E-state index contributed by atoms with van der Waals surface area (Å²) in [4.78, 5) is 21.9. The molecule has 0 spiro atoms. The number of carboxylic acid groups (broad SMARTS) is 1. The summed E-state index contributed by atoms with van der Waals surface area (Å²) >= 11 is 0. The molecule has 4 heteroatoms. The first-order valence-electron chi connectivity index (χ1n) is 5.70. The van der Waals surface area contributed by atoms with E-state index in [2.05, 4.69) is 0 Å². The predicted molar refractivity (Wildman–Crippen MR) is 68.4 cm³/mol. The van der Waals surface area contributed by atoms with Crippen LogP contribution in [0.3, 0.4) is 0 Å². The third kappa shape index (κ3) is 4.05. The highest BCUT2D eigenvalue weighted by molar-refractivity contribution is 5.89. The Kier molecular flexibility index (Phi) is 5.11. The molecule has 0 aliphatic carbocycles. The zero-order valence-electron chi connectivity index (χ0n) is 10.5. The van der Waals surface area contributed by atoms with Gasteiger partial charge in [0.1, 0.15) is 0 Å². The number of carbonyl (C=O) groups excluding carboxylic acids is 1. The molecule has 1 aromatic carbocycles. The minimum atomic E-state index is -0.936. The van der Waals surface area contributed by atoms with Crippen molar-refractivity contribution in [1.82, 2.24) is 0 Å². The molecule has 4 nitrogen and oxygen atoms in total. The standard InChI is InChI=1S/C14H16O4/c1-3-18-13(15)6-4-5-11-7-8-12(14(16)17)10(2)9-11/h4-5,7-9H,3,6H2,1-2H3,(H,16,17). The van der Waals surface area contributed by atoms with Gasteiger partial charge in [0.05, 0.1) is 18.6 Å². The highest BCUT2D eigenvalue weighted by Gasteiger charge is 2.05. The fourth-order valence-electron chi connectivity index (χ4n) is 1.54. The number of carbonyl (C=O) groups is 2. The summed E-state index contributed by atoms with van der Waals surface area (Å²) in [7, 11) is 0. The fraction of sp³-hybridized carbons (Fsp3) is 0.286. The monoisotopic (exact) mass is 248 g/mol. The first kappa shape index (κ1) is 14.0. The van der Waals surface area contributed by atoms with Crippen molar-refractivity contribution >= 4 is 18.0 Å². The van der Waals surface area contributed by atoms with Gasteiger partial charge >= 0.3 is 11.9 Å². The Morgan fingerprint density at radius 3 is 2.67 bits per heavy atom. The number of hydrogen-bond donors (Lipinski definition) is 1. The largest absolute Gasteiger partial charge is 0.478 e. The van der Waals surface area contributed by atoms with Crippen LogP contribution in [0.2, 0.25) is 0 Å². The van der Waals surface area contributed by atoms with Crippen molar-refractivity contribution < 1.29 is 19.4 Å². The first-order valence-corrected chi connectivity index (χ1v) is 5.70. The number of aryl methyl sites for hydroxylation is 1. The Hall–Kier alpha value is -2.10. The van der Waals surface area contributed by atoms with Crippen molar-refractivity contribution in [3.05, 3.63) is 41.0 Å². The van der Waals surface area contributed by atoms with E-state index in [4.69, 9.17) is 9.84 Å². The SMILES string of the molecule is CCOC(=O)CC=Cc1ccc(C(=O)O)c(C)c1. The topological polar surface area (TPSA) is 63.6 Å². The molecule has 0 saturated heterocycles. The van der Waals surface area contributed by atoms with Crippen LogP contribution >= 0.6 is 0 Å². The van der Waals surface area contributed by atoms with Crippen LogP contribution in [0.15, 0.2) is 24.3 Å². The summed E-state index contributed by atoms with van der Waals surface area (Å²) in [6, 6.07) is 5.03. The number of carboxylic acids is 1. The molecule has 0 aromatic heterocycles. The van der Waals surface area contributed by atoms with Crippen LogP contribution in [-0.2, 0) is 9.53 Å². The van der Waals surface area contributed by atoms with Crippen molar-refractivity contribution in [2.75, 3.05) is 6.61 Å². The summed E-state index contributed by atoms with van der Waals surface area (Å²) in [5.41, 5.74) is 1.85. The molecule has 1 aromatic rings. The third-order valence-electron chi connectivity index (χ3n) is 2.38. The molecule has 0 bridgehead atoms. The summed E-state index contributed by atoms with van der Waals surface area (Å²) in [6.07, 6.45) is 3.69. The Labute approximate surface area is 106 Å². The molecular formula is C14H16O4. The fourth-order valence-corrected chi connectivity index (χ4v) is 1.54. The van der Waals surface area contributed by atoms with E-state index in [0.29, 0.717) is 12.2 Å². The summed E-state index contributed by atoms with van der Waals surface area (Å²) in [5, 5.41) is 8.89. The van der Waals surface area contributed by atoms with Crippen LogP contribution in [0.4, 0.5) is 0 Å². The summed E-state index contributed by atoms with van der Waals surface area (Å²) in [5.74, 6) is -1.21. The van der Waals surface area contributed by atoms with E-state index < -0.39 is 5.97 Å². The lowest BCUT2D eigenvalue weighted by Crippen LogP contribution is -2.01. The highest BCUT2D eigenvalue weighted by Crippen LogP contribution is 2.12. The molecule has 0 heterocycles. The molecule has 0 aliphatic heterocycles. The maximum absolute atomic E-state index is 11.1. The highest BCUT2D eigenvalue weighted by atomic mass is 16.5. The number of esters is 1. The normalized spacial score (nSPS) is 10.6. The van der Waals surface area contributed by atoms with Crippen LogP contribution < -0.4 is 0 Å². The van der Waals surface area contributed by atoms with Gasteiger partial charge in [0.25, 0.3) is 0 Å². The molecule has 0 saturated carbocycles. The van der Waals surface area contributed by atoms with Gasteiger partial charge < -0.3 is 9.84 Å². The van der Waals surface area contributed by atoms with E-state index in [1.807, 2.05) is 0 Å². The molecule has 0 fully saturated rings. The molecule has 1 rings (SSSR count). The minimum Gasteiger partial charge on any atom is -0.478 e. The van der Waals surface area contributed by atoms with Gasteiger partial charge in [-0.05, 0) is 31.0 Å². The molecule has 0 aliphatic rings. The molecule has 1 N–H and O–H groups in total. The third-order valence-corrected chi connectivity index (χ3v) is 2.38. The maximum atomic E-state index is 11.1. The second kappa shape index (κ2) is 6.59. The number of hydrogen-bond acceptors (Lipinski definition) is 3. The zero-order chi connectivity index (χ0) is 13.5. The lowest BCUT2D eigenvalue weighted by atomic mass is 10.0. The molecule has 96 valence electrons. The van der Waals surface area contributed by atoms with Crippen molar-refractivity contribution in [3.8, 4) is 0 Å². The lowest BCUT2D eigenvalue weighted by molar-refractivity contribution is -0.142. The van der Waals surface area contributed by atoms with Crippen LogP contribution in [0.1, 0.15) is 34.8 Å². The van der Waals surface area contributed by atoms with Crippen molar-refractivity contribution in [2.24, 2.45) is 0 Å². The number of aromatic carboxylic acids is 1. The molecule has 18 heavy (non-hydrogen) atoms. The lowest BCUT2D eigenvalue weighted by Gasteiger charge is -2.02. The van der Waals surface area contributed by atoms with Crippen LogP contribution in [0, 0.1) is 6.92 Å². The van der Waals surface area contributed by atoms with Crippen molar-refractivity contribution in [3.63, 3.8) is 0 Å². The van der Waals surface area contributed by atoms with Gasteiger partial charge in [-0.2, -0.15) is 0 Å². The first-order chi connectivity index (χ1) is 8.54. The molecule has 0 radical (unpaired) electrons. The van der Waals surface area contributed by atoms with Crippen LogP contribution in [0.5, 0.6) is 0 Å². The van der Waals surface area contributed by atoms with E-state index in [-0.39, 0.29) is 18.0 Å². The Morgan fingerprint density at radius 1 is 1.39 bits per heavy atom. The zero-order valence-corrected chi connectivity index (χ0v) is 10.5. The summed E-state index contributed by atoms with van der Waals surface area (Å²) < 4.78 is 4.79. The van der Waals surface area contributed by atoms with Gasteiger partial charge in [-0.25, -0.2) is 4.79 Å². The van der Waals surface area contributed by atoms with Crippen molar-refractivity contribution in [1.29, 1.82) is 0 Å². The van der Waals surface area contributed by atoms with Crippen molar-refractivity contribution in [2.45, 2.75) is 20.3 Å². The van der Waals surface area contributed by atoms with E-state index in [1.165, 1.54) is 0 Å².